The highest BCUT2D eigenvalue weighted by Crippen LogP contribution is 2.33. The molecule has 1 N–H and O–H groups in total. The van der Waals surface area contributed by atoms with Crippen molar-refractivity contribution in [3.63, 3.8) is 0 Å². The lowest BCUT2D eigenvalue weighted by atomic mass is 10.2. The van der Waals surface area contributed by atoms with Crippen molar-refractivity contribution in [2.24, 2.45) is 0 Å². The molecule has 0 unspecified atom stereocenters. The molecular formula is C20H21FN2O7. The van der Waals surface area contributed by atoms with Gasteiger partial charge in [0.05, 0.1) is 31.5 Å². The number of amides is 1. The van der Waals surface area contributed by atoms with E-state index in [1.54, 1.807) is 6.92 Å². The minimum absolute atomic E-state index is 0.00666. The summed E-state index contributed by atoms with van der Waals surface area (Å²) < 4.78 is 29.4. The van der Waals surface area contributed by atoms with Crippen molar-refractivity contribution in [3.05, 3.63) is 48.3 Å². The minimum atomic E-state index is -0.971. The van der Waals surface area contributed by atoms with Gasteiger partial charge in [-0.05, 0) is 43.3 Å². The van der Waals surface area contributed by atoms with Crippen LogP contribution in [0.25, 0.3) is 0 Å². The van der Waals surface area contributed by atoms with Crippen molar-refractivity contribution >= 4 is 23.4 Å². The summed E-state index contributed by atoms with van der Waals surface area (Å²) in [6, 6.07) is 9.73. The maximum Gasteiger partial charge on any atom is 0.513 e. The summed E-state index contributed by atoms with van der Waals surface area (Å²) in [5, 5.41) is 9.95. The number of halogens is 1. The molecule has 1 heterocycles. The first-order chi connectivity index (χ1) is 14.4. The molecule has 0 saturated heterocycles. The first-order valence-corrected chi connectivity index (χ1v) is 9.11. The van der Waals surface area contributed by atoms with Gasteiger partial charge in [0, 0.05) is 6.07 Å². The molecule has 3 rings (SSSR count). The molecule has 2 aromatic rings. The number of hydrogen-bond donors (Lipinski definition) is 1. The third-order valence-electron chi connectivity index (χ3n) is 4.27. The van der Waals surface area contributed by atoms with Crippen molar-refractivity contribution in [1.82, 2.24) is 0 Å². The van der Waals surface area contributed by atoms with E-state index in [-0.39, 0.29) is 43.0 Å². The van der Waals surface area contributed by atoms with Gasteiger partial charge >= 0.3 is 6.16 Å². The van der Waals surface area contributed by atoms with Crippen LogP contribution < -0.4 is 19.6 Å². The number of fused-ring (bicyclic) bond motifs is 1. The number of ether oxygens (including phenoxy) is 3. The minimum Gasteiger partial charge on any atom is -0.488 e. The van der Waals surface area contributed by atoms with Crippen LogP contribution in [0.4, 0.5) is 20.6 Å². The standard InChI is InChI=1S/C20H21FN2O7/c1-13-11-19(24)22(17-12-14(21)3-8-18(17)29-13)9-10-28-20(25)30-16-6-4-15(5-7-16)23(26)27-2/h3-8,12-13,26H,9-11H2,1-2H3/t13-/m1/s1. The van der Waals surface area contributed by atoms with Crippen molar-refractivity contribution in [3.8, 4) is 11.5 Å². The van der Waals surface area contributed by atoms with Gasteiger partial charge < -0.3 is 19.1 Å². The molecule has 0 fully saturated rings. The highest BCUT2D eigenvalue weighted by Gasteiger charge is 2.27. The Labute approximate surface area is 172 Å². The van der Waals surface area contributed by atoms with Gasteiger partial charge in [0.1, 0.15) is 30.0 Å². The smallest absolute Gasteiger partial charge is 0.488 e. The van der Waals surface area contributed by atoms with Gasteiger partial charge in [0.25, 0.3) is 0 Å². The molecular weight excluding hydrogens is 399 g/mol. The van der Waals surface area contributed by atoms with Crippen LogP contribution in [-0.2, 0) is 14.4 Å². The predicted octanol–water partition coefficient (Wildman–Crippen LogP) is 3.30. The summed E-state index contributed by atoms with van der Waals surface area (Å²) in [6.45, 7) is 1.59. The van der Waals surface area contributed by atoms with Crippen LogP contribution in [0, 0.1) is 5.82 Å². The lowest BCUT2D eigenvalue weighted by molar-refractivity contribution is -0.119. The van der Waals surface area contributed by atoms with Crippen molar-refractivity contribution < 1.29 is 38.2 Å². The van der Waals surface area contributed by atoms with Gasteiger partial charge in [-0.1, -0.05) is 0 Å². The largest absolute Gasteiger partial charge is 0.513 e. The number of carbonyl (C=O) groups is 2. The third kappa shape index (κ3) is 5.16. The SMILES string of the molecule is CON(O)c1ccc(OC(=O)OCCN2C(=O)C[C@@H](C)Oc3ccc(F)cc32)cc1. The van der Waals surface area contributed by atoms with Crippen LogP contribution in [0.3, 0.4) is 0 Å². The van der Waals surface area contributed by atoms with Crippen LogP contribution in [0.1, 0.15) is 13.3 Å². The Balaban J connectivity index is 1.58. The second-order valence-electron chi connectivity index (χ2n) is 6.44. The summed E-state index contributed by atoms with van der Waals surface area (Å²) in [5.74, 6) is -0.213. The summed E-state index contributed by atoms with van der Waals surface area (Å²) in [5.41, 5.74) is 0.615. The molecule has 2 aromatic carbocycles. The van der Waals surface area contributed by atoms with Crippen molar-refractivity contribution in [2.45, 2.75) is 19.4 Å². The molecule has 1 atom stereocenters. The number of hydrogen-bond acceptors (Lipinski definition) is 8. The molecule has 0 bridgehead atoms. The van der Waals surface area contributed by atoms with E-state index < -0.39 is 12.0 Å². The third-order valence-corrected chi connectivity index (χ3v) is 4.27. The zero-order chi connectivity index (χ0) is 21.7. The molecule has 9 nitrogen and oxygen atoms in total. The molecule has 0 aliphatic carbocycles. The fraction of sp³-hybridized carbons (Fsp3) is 0.300. The Bertz CT molecular complexity index is 907. The number of anilines is 2. The summed E-state index contributed by atoms with van der Waals surface area (Å²) in [7, 11) is 1.29. The van der Waals surface area contributed by atoms with Gasteiger partial charge in [0.15, 0.2) is 0 Å². The van der Waals surface area contributed by atoms with E-state index in [9.17, 15) is 19.2 Å². The molecule has 10 heteroatoms. The average molecular weight is 420 g/mol. The Morgan fingerprint density at radius 2 is 2.03 bits per heavy atom. The van der Waals surface area contributed by atoms with Crippen LogP contribution in [0.5, 0.6) is 11.5 Å². The van der Waals surface area contributed by atoms with E-state index in [0.29, 0.717) is 16.7 Å². The quantitative estimate of drug-likeness (QED) is 0.432. The predicted molar refractivity (Wildman–Crippen MR) is 103 cm³/mol. The Hall–Kier alpha value is -3.37. The van der Waals surface area contributed by atoms with E-state index in [0.717, 1.165) is 0 Å². The zero-order valence-electron chi connectivity index (χ0n) is 16.4. The number of nitrogens with zero attached hydrogens (tertiary/aromatic N) is 2. The number of benzene rings is 2. The van der Waals surface area contributed by atoms with Crippen molar-refractivity contribution in [1.29, 1.82) is 0 Å². The number of rotatable bonds is 6. The van der Waals surface area contributed by atoms with E-state index in [1.807, 2.05) is 0 Å². The number of carbonyl (C=O) groups excluding carboxylic acids is 2. The molecule has 0 aromatic heterocycles. The molecule has 0 saturated carbocycles. The fourth-order valence-corrected chi connectivity index (χ4v) is 2.89. The molecule has 1 aliphatic rings. The molecule has 0 radical (unpaired) electrons. The molecule has 30 heavy (non-hydrogen) atoms. The highest BCUT2D eigenvalue weighted by atomic mass is 19.1. The van der Waals surface area contributed by atoms with Gasteiger partial charge in [-0.3, -0.25) is 14.8 Å². The molecule has 1 amide bonds. The van der Waals surface area contributed by atoms with Crippen LogP contribution in [-0.4, -0.2) is 43.6 Å². The fourth-order valence-electron chi connectivity index (χ4n) is 2.89. The molecule has 0 spiro atoms. The first kappa shape index (κ1) is 21.3. The van der Waals surface area contributed by atoms with E-state index in [4.69, 9.17) is 14.2 Å². The second-order valence-corrected chi connectivity index (χ2v) is 6.44. The Morgan fingerprint density at radius 1 is 1.30 bits per heavy atom. The van der Waals surface area contributed by atoms with Gasteiger partial charge in [0.2, 0.25) is 5.91 Å². The van der Waals surface area contributed by atoms with Crippen LogP contribution in [0.2, 0.25) is 0 Å². The van der Waals surface area contributed by atoms with Gasteiger partial charge in [-0.2, -0.15) is 0 Å². The topological polar surface area (TPSA) is 97.8 Å². The summed E-state index contributed by atoms with van der Waals surface area (Å²) in [4.78, 5) is 30.3. The average Bonchev–Trinajstić information content (AvgIpc) is 2.83. The lowest BCUT2D eigenvalue weighted by Gasteiger charge is -2.21. The van der Waals surface area contributed by atoms with Crippen LogP contribution >= 0.6 is 0 Å². The lowest BCUT2D eigenvalue weighted by Crippen LogP contribution is -2.35. The Kier molecular flexibility index (Phi) is 6.70. The molecule has 160 valence electrons. The highest BCUT2D eigenvalue weighted by molar-refractivity contribution is 5.95. The molecule has 1 aliphatic heterocycles. The van der Waals surface area contributed by atoms with Gasteiger partial charge in [-0.25, -0.2) is 9.18 Å². The first-order valence-electron chi connectivity index (χ1n) is 9.11. The van der Waals surface area contributed by atoms with E-state index in [1.165, 1.54) is 54.5 Å². The Morgan fingerprint density at radius 3 is 2.73 bits per heavy atom. The normalized spacial score (nSPS) is 15.7. The van der Waals surface area contributed by atoms with Gasteiger partial charge in [-0.15, -0.1) is 5.23 Å². The van der Waals surface area contributed by atoms with Crippen molar-refractivity contribution in [2.75, 3.05) is 30.4 Å². The van der Waals surface area contributed by atoms with Crippen LogP contribution in [0.15, 0.2) is 42.5 Å². The van der Waals surface area contributed by atoms with E-state index in [2.05, 4.69) is 4.84 Å². The van der Waals surface area contributed by atoms with E-state index >= 15 is 0 Å². The summed E-state index contributed by atoms with van der Waals surface area (Å²) in [6.07, 6.45) is -1.23. The zero-order valence-corrected chi connectivity index (χ0v) is 16.4. The maximum atomic E-state index is 13.7. The maximum absolute atomic E-state index is 13.7. The second kappa shape index (κ2) is 9.42. The monoisotopic (exact) mass is 420 g/mol. The summed E-state index contributed by atoms with van der Waals surface area (Å²) >= 11 is 0.